The van der Waals surface area contributed by atoms with Crippen molar-refractivity contribution in [2.75, 3.05) is 18.9 Å². The van der Waals surface area contributed by atoms with Gasteiger partial charge in [0.05, 0.1) is 26.1 Å². The zero-order valence-corrected chi connectivity index (χ0v) is 15.7. The van der Waals surface area contributed by atoms with E-state index in [4.69, 9.17) is 9.47 Å². The molecule has 0 aliphatic carbocycles. The number of pyridine rings is 1. The molecular weight excluding hydrogens is 372 g/mol. The predicted molar refractivity (Wildman–Crippen MR) is 99.3 cm³/mol. The highest BCUT2D eigenvalue weighted by atomic mass is 32.2. The van der Waals surface area contributed by atoms with Crippen molar-refractivity contribution in [1.29, 1.82) is 0 Å². The summed E-state index contributed by atoms with van der Waals surface area (Å²) in [5, 5.41) is 2.85. The molecular formula is C17H18N4O5S. The highest BCUT2D eigenvalue weighted by Gasteiger charge is 2.21. The molecule has 1 aromatic carbocycles. The lowest BCUT2D eigenvalue weighted by Gasteiger charge is -2.13. The Labute approximate surface area is 155 Å². The van der Waals surface area contributed by atoms with Crippen LogP contribution >= 0.6 is 0 Å². The number of rotatable bonds is 6. The molecule has 10 heteroatoms. The van der Waals surface area contributed by atoms with Gasteiger partial charge in [-0.1, -0.05) is 0 Å². The standard InChI is InChI=1S/C17H18N4O5S/c1-11-8-17(22)21(19-11)16-7-4-12(10-18-16)20-27(23,24)15-9-13(25-2)5-6-14(15)26-3/h4-10,19-20H,1-3H3. The number of aryl methyl sites for hydroxylation is 1. The van der Waals surface area contributed by atoms with E-state index in [0.29, 0.717) is 17.3 Å². The van der Waals surface area contributed by atoms with Crippen molar-refractivity contribution in [3.05, 3.63) is 58.6 Å². The number of ether oxygens (including phenoxy) is 2. The van der Waals surface area contributed by atoms with Crippen molar-refractivity contribution < 1.29 is 17.9 Å². The molecule has 2 heterocycles. The van der Waals surface area contributed by atoms with Gasteiger partial charge in [-0.05, 0) is 31.2 Å². The topological polar surface area (TPSA) is 115 Å². The van der Waals surface area contributed by atoms with Crippen LogP contribution in [0.15, 0.2) is 52.3 Å². The van der Waals surface area contributed by atoms with E-state index in [1.54, 1.807) is 13.0 Å². The fraction of sp³-hybridized carbons (Fsp3) is 0.176. The number of anilines is 1. The third-order valence-corrected chi connectivity index (χ3v) is 5.14. The molecule has 142 valence electrons. The molecule has 0 spiro atoms. The molecule has 3 aromatic rings. The first-order valence-electron chi connectivity index (χ1n) is 7.84. The van der Waals surface area contributed by atoms with E-state index in [2.05, 4.69) is 14.8 Å². The van der Waals surface area contributed by atoms with Crippen molar-refractivity contribution >= 4 is 15.7 Å². The van der Waals surface area contributed by atoms with E-state index in [-0.39, 0.29) is 21.9 Å². The maximum absolute atomic E-state index is 12.7. The van der Waals surface area contributed by atoms with Crippen molar-refractivity contribution in [3.8, 4) is 17.3 Å². The molecule has 3 rings (SSSR count). The highest BCUT2D eigenvalue weighted by molar-refractivity contribution is 7.92. The smallest absolute Gasteiger partial charge is 0.272 e. The number of aromatic amines is 1. The number of nitrogens with zero attached hydrogens (tertiary/aromatic N) is 2. The van der Waals surface area contributed by atoms with Gasteiger partial charge in [0.1, 0.15) is 16.4 Å². The monoisotopic (exact) mass is 390 g/mol. The average Bonchev–Trinajstić information content (AvgIpc) is 2.99. The molecule has 0 aliphatic heterocycles. The molecule has 0 amide bonds. The number of sulfonamides is 1. The molecule has 0 saturated carbocycles. The number of benzene rings is 1. The summed E-state index contributed by atoms with van der Waals surface area (Å²) in [7, 11) is -1.12. The molecule has 0 atom stereocenters. The Kier molecular flexibility index (Phi) is 4.91. The number of hydrogen-bond donors (Lipinski definition) is 2. The molecule has 27 heavy (non-hydrogen) atoms. The van der Waals surface area contributed by atoms with Crippen LogP contribution in [0.3, 0.4) is 0 Å². The third kappa shape index (κ3) is 3.80. The minimum Gasteiger partial charge on any atom is -0.497 e. The SMILES string of the molecule is COc1ccc(OC)c(S(=O)(=O)Nc2ccc(-n3[nH]c(C)cc3=O)nc2)c1. The quantitative estimate of drug-likeness (QED) is 0.662. The van der Waals surface area contributed by atoms with Gasteiger partial charge >= 0.3 is 0 Å². The number of hydrogen-bond acceptors (Lipinski definition) is 6. The van der Waals surface area contributed by atoms with Gasteiger partial charge in [-0.15, -0.1) is 0 Å². The Balaban J connectivity index is 1.91. The van der Waals surface area contributed by atoms with Crippen LogP contribution in [0.5, 0.6) is 11.5 Å². The lowest BCUT2D eigenvalue weighted by molar-refractivity contribution is 0.392. The van der Waals surface area contributed by atoms with Crippen molar-refractivity contribution in [3.63, 3.8) is 0 Å². The van der Waals surface area contributed by atoms with E-state index in [1.807, 2.05) is 0 Å². The minimum absolute atomic E-state index is 0.0651. The summed E-state index contributed by atoms with van der Waals surface area (Å²) in [5.74, 6) is 0.905. The maximum atomic E-state index is 12.7. The molecule has 0 saturated heterocycles. The Morgan fingerprint density at radius 3 is 2.44 bits per heavy atom. The summed E-state index contributed by atoms with van der Waals surface area (Å²) >= 11 is 0. The van der Waals surface area contributed by atoms with Crippen molar-refractivity contribution in [1.82, 2.24) is 14.8 Å². The van der Waals surface area contributed by atoms with Crippen molar-refractivity contribution in [2.24, 2.45) is 0 Å². The first kappa shape index (κ1) is 18.5. The molecule has 0 bridgehead atoms. The predicted octanol–water partition coefficient (Wildman–Crippen LogP) is 1.69. The van der Waals surface area contributed by atoms with Gasteiger partial charge in [-0.3, -0.25) is 14.6 Å². The normalized spacial score (nSPS) is 11.2. The fourth-order valence-electron chi connectivity index (χ4n) is 2.47. The maximum Gasteiger partial charge on any atom is 0.272 e. The van der Waals surface area contributed by atoms with Crippen LogP contribution in [-0.2, 0) is 10.0 Å². The third-order valence-electron chi connectivity index (χ3n) is 3.74. The van der Waals surface area contributed by atoms with Gasteiger partial charge in [0.25, 0.3) is 15.6 Å². The number of nitrogens with one attached hydrogen (secondary N) is 2. The summed E-state index contributed by atoms with van der Waals surface area (Å²) in [6, 6.07) is 8.95. The van der Waals surface area contributed by atoms with Crippen LogP contribution in [0.1, 0.15) is 5.69 Å². The van der Waals surface area contributed by atoms with Gasteiger partial charge in [0.2, 0.25) is 0 Å². The van der Waals surface area contributed by atoms with Gasteiger partial charge in [-0.2, -0.15) is 0 Å². The van der Waals surface area contributed by atoms with E-state index >= 15 is 0 Å². The van der Waals surface area contributed by atoms with Crippen LogP contribution in [0.2, 0.25) is 0 Å². The van der Waals surface area contributed by atoms with Crippen LogP contribution < -0.4 is 19.8 Å². The molecule has 9 nitrogen and oxygen atoms in total. The van der Waals surface area contributed by atoms with Crippen LogP contribution in [0, 0.1) is 6.92 Å². The summed E-state index contributed by atoms with van der Waals surface area (Å²) in [6.07, 6.45) is 1.32. The van der Waals surface area contributed by atoms with E-state index < -0.39 is 10.0 Å². The fourth-order valence-corrected chi connectivity index (χ4v) is 3.70. The van der Waals surface area contributed by atoms with E-state index in [0.717, 1.165) is 0 Å². The summed E-state index contributed by atoms with van der Waals surface area (Å²) < 4.78 is 39.4. The van der Waals surface area contributed by atoms with Gasteiger partial charge in [0, 0.05) is 17.8 Å². The summed E-state index contributed by atoms with van der Waals surface area (Å²) in [4.78, 5) is 15.9. The average molecular weight is 390 g/mol. The zero-order valence-electron chi connectivity index (χ0n) is 14.9. The Hall–Kier alpha value is -3.27. The Morgan fingerprint density at radius 2 is 1.89 bits per heavy atom. The lowest BCUT2D eigenvalue weighted by Crippen LogP contribution is -2.16. The second-order valence-corrected chi connectivity index (χ2v) is 7.29. The molecule has 0 fully saturated rings. The number of methoxy groups -OCH3 is 2. The van der Waals surface area contributed by atoms with E-state index in [9.17, 15) is 13.2 Å². The Morgan fingerprint density at radius 1 is 1.11 bits per heavy atom. The van der Waals surface area contributed by atoms with Gasteiger partial charge in [-0.25, -0.2) is 18.1 Å². The Bertz CT molecular complexity index is 1120. The molecule has 2 N–H and O–H groups in total. The zero-order chi connectivity index (χ0) is 19.6. The van der Waals surface area contributed by atoms with E-state index in [1.165, 1.54) is 55.4 Å². The first-order chi connectivity index (χ1) is 12.8. The minimum atomic E-state index is -3.94. The molecule has 0 radical (unpaired) electrons. The first-order valence-corrected chi connectivity index (χ1v) is 9.32. The molecule has 2 aromatic heterocycles. The van der Waals surface area contributed by atoms with Crippen LogP contribution in [0.25, 0.3) is 5.82 Å². The largest absolute Gasteiger partial charge is 0.497 e. The van der Waals surface area contributed by atoms with Crippen molar-refractivity contribution in [2.45, 2.75) is 11.8 Å². The molecule has 0 aliphatic rings. The van der Waals surface area contributed by atoms with Gasteiger partial charge < -0.3 is 9.47 Å². The number of H-pyrrole nitrogens is 1. The summed E-state index contributed by atoms with van der Waals surface area (Å²) in [6.45, 7) is 1.75. The number of aromatic nitrogens is 3. The second kappa shape index (κ2) is 7.16. The van der Waals surface area contributed by atoms with Gasteiger partial charge in [0.15, 0.2) is 5.82 Å². The highest BCUT2D eigenvalue weighted by Crippen LogP contribution is 2.29. The lowest BCUT2D eigenvalue weighted by atomic mass is 10.3. The molecule has 0 unspecified atom stereocenters. The summed E-state index contributed by atoms with van der Waals surface area (Å²) in [5.41, 5.74) is 0.672. The van der Waals surface area contributed by atoms with Crippen LogP contribution in [0.4, 0.5) is 5.69 Å². The second-order valence-electron chi connectivity index (χ2n) is 5.64. The van der Waals surface area contributed by atoms with Crippen LogP contribution in [-0.4, -0.2) is 37.4 Å².